The number of hydrogen-bond acceptors (Lipinski definition) is 11. The Morgan fingerprint density at radius 2 is 1.38 bits per heavy atom. The van der Waals surface area contributed by atoms with Gasteiger partial charge in [0.05, 0.1) is 11.8 Å². The molecule has 8 aliphatic heterocycles. The summed E-state index contributed by atoms with van der Waals surface area (Å²) in [6, 6.07) is 5.32. The van der Waals surface area contributed by atoms with Crippen LogP contribution in [0.2, 0.25) is 5.02 Å². The van der Waals surface area contributed by atoms with E-state index in [1.807, 2.05) is 32.9 Å². The van der Waals surface area contributed by atoms with Crippen molar-refractivity contribution in [3.63, 3.8) is 0 Å². The van der Waals surface area contributed by atoms with Crippen molar-refractivity contribution >= 4 is 29.1 Å². The van der Waals surface area contributed by atoms with Crippen molar-refractivity contribution in [1.29, 1.82) is 0 Å². The molecule has 0 aromatic heterocycles. The van der Waals surface area contributed by atoms with Gasteiger partial charge in [-0.3, -0.25) is 10.2 Å². The van der Waals surface area contributed by atoms with Crippen LogP contribution in [-0.2, 0) is 43.3 Å². The van der Waals surface area contributed by atoms with Crippen LogP contribution in [0.15, 0.2) is 23.4 Å². The highest BCUT2D eigenvalue weighted by atomic mass is 35.5. The van der Waals surface area contributed by atoms with Crippen LogP contribution in [0, 0.1) is 54.3 Å². The number of halogens is 1. The number of fused-ring (bicyclic) bond motifs is 4. The molecular formula is C40H55ClN2O10. The Morgan fingerprint density at radius 3 is 1.98 bits per heavy atom. The van der Waals surface area contributed by atoms with E-state index in [9.17, 15) is 4.79 Å². The van der Waals surface area contributed by atoms with Crippen LogP contribution < -0.4 is 5.32 Å². The van der Waals surface area contributed by atoms with E-state index in [0.717, 1.165) is 50.5 Å². The molecule has 1 N–H and O–H groups in total. The van der Waals surface area contributed by atoms with Gasteiger partial charge in [0.25, 0.3) is 0 Å². The maximum Gasteiger partial charge on any atom is 0.437 e. The van der Waals surface area contributed by atoms with Gasteiger partial charge in [-0.25, -0.2) is 24.3 Å². The number of carbonyl (C=O) groups excluding carboxylic acids is 1. The van der Waals surface area contributed by atoms with Crippen LogP contribution in [0.1, 0.15) is 105 Å². The standard InChI is InChI=1S/C40H55ClN2O10/c1-20-16-25(41)18-26(17-20)42-36(44)49-43-31(33-24(5)30-11-9-22(3)28-13-15-38(7)48-35(46-33)40(28,30)53-51-38)19-32-23(4)29-10-8-21(2)27-12-14-37(6)47-34(45-32)39(27,29)52-50-37/h16-18,21-24,27-30,32-35H,8-15,19H2,1-7H3,(H,42,44)/b43-31-/t21-,22-,23-,24-,27+,28+,29+,30+,32-,33+,34-,35-,37-,38-,39-,40-/m1/s1. The Hall–Kier alpha value is -1.87. The summed E-state index contributed by atoms with van der Waals surface area (Å²) in [7, 11) is 0. The first-order valence-electron chi connectivity index (χ1n) is 20.0. The van der Waals surface area contributed by atoms with Gasteiger partial charge < -0.3 is 18.9 Å². The second kappa shape index (κ2) is 13.1. The first-order valence-corrected chi connectivity index (χ1v) is 20.3. The molecule has 16 atom stereocenters. The number of nitrogens with zero attached hydrogens (tertiary/aromatic N) is 1. The fraction of sp³-hybridized carbons (Fsp3) is 0.800. The zero-order valence-corrected chi connectivity index (χ0v) is 32.7. The lowest BCUT2D eigenvalue weighted by atomic mass is 9.56. The van der Waals surface area contributed by atoms with Gasteiger partial charge in [0.1, 0.15) is 6.10 Å². The summed E-state index contributed by atoms with van der Waals surface area (Å²) < 4.78 is 27.4. The molecule has 292 valence electrons. The quantitative estimate of drug-likeness (QED) is 0.135. The molecule has 2 saturated carbocycles. The molecule has 1 amide bonds. The Bertz CT molecular complexity index is 1630. The predicted molar refractivity (Wildman–Crippen MR) is 192 cm³/mol. The second-order valence-electron chi connectivity index (χ2n) is 18.1. The summed E-state index contributed by atoms with van der Waals surface area (Å²) >= 11 is 6.28. The minimum atomic E-state index is -0.927. The zero-order valence-electron chi connectivity index (χ0n) is 31.9. The lowest BCUT2D eigenvalue weighted by Crippen LogP contribution is -2.71. The molecule has 8 heterocycles. The van der Waals surface area contributed by atoms with Gasteiger partial charge >= 0.3 is 6.09 Å². The molecule has 8 saturated heterocycles. The van der Waals surface area contributed by atoms with E-state index in [-0.39, 0.29) is 41.6 Å². The molecule has 0 radical (unpaired) electrons. The first kappa shape index (κ1) is 36.7. The first-order chi connectivity index (χ1) is 25.2. The highest BCUT2D eigenvalue weighted by Gasteiger charge is 2.71. The monoisotopic (exact) mass is 758 g/mol. The lowest BCUT2D eigenvalue weighted by Gasteiger charge is -2.61. The number of nitrogens with one attached hydrogen (secondary N) is 1. The Kier molecular flexibility index (Phi) is 9.08. The van der Waals surface area contributed by atoms with Gasteiger partial charge in [0.2, 0.25) is 11.6 Å². The molecule has 0 unspecified atom stereocenters. The molecule has 10 aliphatic rings. The van der Waals surface area contributed by atoms with Crippen molar-refractivity contribution in [3.8, 4) is 0 Å². The van der Waals surface area contributed by atoms with Crippen LogP contribution in [-0.4, -0.2) is 59.4 Å². The van der Waals surface area contributed by atoms with Crippen molar-refractivity contribution in [2.45, 2.75) is 154 Å². The number of rotatable bonds is 5. The normalized spacial score (nSPS) is 50.0. The summed E-state index contributed by atoms with van der Waals surface area (Å²) in [5.41, 5.74) is 0.563. The fourth-order valence-corrected chi connectivity index (χ4v) is 12.2. The van der Waals surface area contributed by atoms with Crippen LogP contribution >= 0.6 is 11.6 Å². The maximum atomic E-state index is 13.3. The van der Waals surface area contributed by atoms with E-state index in [1.165, 1.54) is 0 Å². The Morgan fingerprint density at radius 1 is 0.792 bits per heavy atom. The van der Waals surface area contributed by atoms with Crippen molar-refractivity contribution in [1.82, 2.24) is 0 Å². The van der Waals surface area contributed by atoms with Crippen LogP contribution in [0.5, 0.6) is 0 Å². The van der Waals surface area contributed by atoms with E-state index in [2.05, 4.69) is 38.2 Å². The third kappa shape index (κ3) is 5.83. The number of amides is 1. The number of carbonyl (C=O) groups is 1. The maximum absolute atomic E-state index is 13.3. The molecule has 13 heteroatoms. The lowest BCUT2D eigenvalue weighted by molar-refractivity contribution is -0.571. The molecule has 10 fully saturated rings. The van der Waals surface area contributed by atoms with E-state index in [0.29, 0.717) is 41.1 Å². The molecule has 53 heavy (non-hydrogen) atoms. The SMILES string of the molecule is Cc1cc(Cl)cc(NC(=O)O/N=C(/C[C@H]2O[C@@H]3O[C@@]4(C)CC[C@H]5[C@H](C)CC[C@@H]([C@H]2C)[C@@]35OO4)[C@H]2O[C@@H]3O[C@@]4(C)CC[C@H]5[C@H](C)CC[C@@H]([C@H]2C)[C@@]35OO4)c1. The largest absolute Gasteiger partial charge is 0.437 e. The summed E-state index contributed by atoms with van der Waals surface area (Å²) in [6.45, 7) is 14.8. The molecular weight excluding hydrogens is 704 g/mol. The smallest absolute Gasteiger partial charge is 0.345 e. The topological polar surface area (TPSA) is 125 Å². The molecule has 12 nitrogen and oxygen atoms in total. The van der Waals surface area contributed by atoms with Crippen molar-refractivity contribution in [2.24, 2.45) is 52.5 Å². The minimum absolute atomic E-state index is 0.0512. The van der Waals surface area contributed by atoms with Gasteiger partial charge in [-0.05, 0) is 119 Å². The summed E-state index contributed by atoms with van der Waals surface area (Å²) in [4.78, 5) is 44.0. The molecule has 1 aromatic rings. The van der Waals surface area contributed by atoms with Crippen molar-refractivity contribution in [2.75, 3.05) is 5.32 Å². The highest BCUT2D eigenvalue weighted by molar-refractivity contribution is 6.31. The number of anilines is 1. The van der Waals surface area contributed by atoms with E-state index in [1.54, 1.807) is 6.07 Å². The average molecular weight is 759 g/mol. The van der Waals surface area contributed by atoms with Gasteiger partial charge in [0.15, 0.2) is 23.8 Å². The van der Waals surface area contributed by atoms with Gasteiger partial charge in [0, 0.05) is 41.8 Å². The summed E-state index contributed by atoms with van der Waals surface area (Å²) in [6.07, 6.45) is 4.84. The number of benzene rings is 1. The summed E-state index contributed by atoms with van der Waals surface area (Å²) in [5, 5.41) is 7.94. The minimum Gasteiger partial charge on any atom is -0.345 e. The molecule has 2 spiro atoms. The average Bonchev–Trinajstić information content (AvgIpc) is 3.48. The number of ether oxygens (including phenoxy) is 4. The van der Waals surface area contributed by atoms with Gasteiger partial charge in [-0.1, -0.05) is 44.5 Å². The fourth-order valence-electron chi connectivity index (χ4n) is 12.0. The molecule has 4 bridgehead atoms. The van der Waals surface area contributed by atoms with Gasteiger partial charge in [-0.15, -0.1) is 0 Å². The van der Waals surface area contributed by atoms with Crippen LogP contribution in [0.3, 0.4) is 0 Å². The number of oxime groups is 1. The molecule has 2 aliphatic carbocycles. The number of hydrogen-bond donors (Lipinski definition) is 1. The summed E-state index contributed by atoms with van der Waals surface area (Å²) in [5.74, 6) is -0.295. The van der Waals surface area contributed by atoms with E-state index in [4.69, 9.17) is 54.9 Å². The number of aryl methyl sites for hydroxylation is 1. The van der Waals surface area contributed by atoms with Crippen molar-refractivity contribution < 1.29 is 48.1 Å². The molecule has 1 aromatic carbocycles. The van der Waals surface area contributed by atoms with Gasteiger partial charge in [-0.2, -0.15) is 0 Å². The Balaban J connectivity index is 1.05. The second-order valence-corrected chi connectivity index (χ2v) is 18.5. The zero-order chi connectivity index (χ0) is 37.1. The third-order valence-electron chi connectivity index (χ3n) is 14.7. The van der Waals surface area contributed by atoms with Crippen LogP contribution in [0.25, 0.3) is 0 Å². The van der Waals surface area contributed by atoms with Crippen LogP contribution in [0.4, 0.5) is 10.5 Å². The highest BCUT2D eigenvalue weighted by Crippen LogP contribution is 2.63. The Labute approximate surface area is 317 Å². The van der Waals surface area contributed by atoms with E-state index >= 15 is 0 Å². The predicted octanol–water partition coefficient (Wildman–Crippen LogP) is 8.44. The van der Waals surface area contributed by atoms with E-state index < -0.39 is 47.6 Å². The molecule has 11 rings (SSSR count). The third-order valence-corrected chi connectivity index (χ3v) is 14.9. The van der Waals surface area contributed by atoms with Crippen molar-refractivity contribution in [3.05, 3.63) is 28.8 Å².